The van der Waals surface area contributed by atoms with Crippen molar-refractivity contribution in [2.24, 2.45) is 11.7 Å². The second-order valence-corrected chi connectivity index (χ2v) is 8.59. The lowest BCUT2D eigenvalue weighted by Crippen LogP contribution is -2.51. The van der Waals surface area contributed by atoms with Crippen LogP contribution in [0.1, 0.15) is 43.2 Å². The molecule has 1 heterocycles. The van der Waals surface area contributed by atoms with Crippen molar-refractivity contribution in [1.29, 1.82) is 10.7 Å². The van der Waals surface area contributed by atoms with Crippen LogP contribution in [0.2, 0.25) is 0 Å². The lowest BCUT2D eigenvalue weighted by molar-refractivity contribution is -0.120. The number of benzene rings is 1. The zero-order valence-electron chi connectivity index (χ0n) is 17.9. The van der Waals surface area contributed by atoms with E-state index in [4.69, 9.17) is 11.1 Å². The zero-order chi connectivity index (χ0) is 22.4. The number of rotatable bonds is 8. The van der Waals surface area contributed by atoms with E-state index in [1.54, 1.807) is 0 Å². The Morgan fingerprint density at radius 1 is 1.35 bits per heavy atom. The molecule has 2 amide bonds. The maximum Gasteiger partial charge on any atom is 0.253 e. The highest BCUT2D eigenvalue weighted by Crippen LogP contribution is 2.29. The number of hydrogen-bond acceptors (Lipinski definition) is 6. The minimum absolute atomic E-state index is 0.0786. The number of carbonyl (C=O) groups excluding carboxylic acids is 2. The number of carbonyl (C=O) groups is 2. The Morgan fingerprint density at radius 2 is 2.06 bits per heavy atom. The van der Waals surface area contributed by atoms with E-state index < -0.39 is 11.4 Å². The van der Waals surface area contributed by atoms with Crippen LogP contribution in [0, 0.1) is 29.6 Å². The molecule has 0 aromatic heterocycles. The molecule has 164 valence electrons. The third-order valence-corrected chi connectivity index (χ3v) is 5.97. The molecule has 0 unspecified atom stereocenters. The molecule has 0 spiro atoms. The standard InChI is InChI=1S/C23H30N6O2/c1-16-3-2-4-17(13-16)15-29-11-8-23(7-10-24,9-12-29)27-14-19(21(26)30)20(25)28-22(31)18-5-6-18/h2-4,13-14,18,27H,5-9,11-12,15H2,1H3,(H2,26,30)(H2,25,28,31)/b19-14+. The van der Waals surface area contributed by atoms with E-state index in [9.17, 15) is 14.9 Å². The predicted octanol–water partition coefficient (Wildman–Crippen LogP) is 1.71. The molecule has 1 aromatic rings. The number of primary amides is 1. The normalized spacial score (nSPS) is 18.6. The minimum Gasteiger partial charge on any atom is -0.384 e. The van der Waals surface area contributed by atoms with Crippen molar-refractivity contribution in [3.8, 4) is 6.07 Å². The van der Waals surface area contributed by atoms with Gasteiger partial charge in [-0.2, -0.15) is 5.26 Å². The van der Waals surface area contributed by atoms with E-state index in [1.165, 1.54) is 17.3 Å². The van der Waals surface area contributed by atoms with Crippen molar-refractivity contribution >= 4 is 17.6 Å². The quantitative estimate of drug-likeness (QED) is 0.287. The van der Waals surface area contributed by atoms with Gasteiger partial charge in [0, 0.05) is 31.8 Å². The molecule has 8 nitrogen and oxygen atoms in total. The Kier molecular flexibility index (Phi) is 7.08. The van der Waals surface area contributed by atoms with E-state index in [-0.39, 0.29) is 29.7 Å². The Morgan fingerprint density at radius 3 is 2.65 bits per heavy atom. The summed E-state index contributed by atoms with van der Waals surface area (Å²) in [4.78, 5) is 26.1. The largest absolute Gasteiger partial charge is 0.384 e. The highest BCUT2D eigenvalue weighted by molar-refractivity contribution is 6.22. The first-order valence-corrected chi connectivity index (χ1v) is 10.6. The number of nitrogens with two attached hydrogens (primary N) is 1. The van der Waals surface area contributed by atoms with Gasteiger partial charge in [0.25, 0.3) is 5.91 Å². The third-order valence-electron chi connectivity index (χ3n) is 5.97. The molecule has 1 aliphatic heterocycles. The molecule has 8 heteroatoms. The van der Waals surface area contributed by atoms with Gasteiger partial charge in [-0.05, 0) is 38.2 Å². The summed E-state index contributed by atoms with van der Waals surface area (Å²) in [6, 6.07) is 10.7. The number of hydrogen-bond donors (Lipinski definition) is 4. The third kappa shape index (κ3) is 6.15. The van der Waals surface area contributed by atoms with Crippen molar-refractivity contribution in [1.82, 2.24) is 15.5 Å². The second kappa shape index (κ2) is 9.75. The van der Waals surface area contributed by atoms with E-state index >= 15 is 0 Å². The zero-order valence-corrected chi connectivity index (χ0v) is 17.9. The summed E-state index contributed by atoms with van der Waals surface area (Å²) < 4.78 is 0. The Hall–Kier alpha value is -3.18. The molecule has 3 rings (SSSR count). The molecule has 1 saturated carbocycles. The van der Waals surface area contributed by atoms with Gasteiger partial charge in [-0.1, -0.05) is 29.8 Å². The van der Waals surface area contributed by atoms with Gasteiger partial charge in [-0.3, -0.25) is 19.9 Å². The van der Waals surface area contributed by atoms with Crippen LogP contribution >= 0.6 is 0 Å². The second-order valence-electron chi connectivity index (χ2n) is 8.59. The molecule has 0 radical (unpaired) electrons. The van der Waals surface area contributed by atoms with Crippen LogP contribution in [-0.4, -0.2) is 41.2 Å². The summed E-state index contributed by atoms with van der Waals surface area (Å²) >= 11 is 0. The van der Waals surface area contributed by atoms with Gasteiger partial charge >= 0.3 is 0 Å². The summed E-state index contributed by atoms with van der Waals surface area (Å²) in [6.45, 7) is 4.54. The van der Waals surface area contributed by atoms with E-state index in [2.05, 4.69) is 52.8 Å². The molecule has 31 heavy (non-hydrogen) atoms. The average molecular weight is 423 g/mol. The van der Waals surface area contributed by atoms with E-state index in [0.717, 1.165) is 45.3 Å². The number of aryl methyl sites for hydroxylation is 1. The molecule has 2 aliphatic rings. The molecule has 0 bridgehead atoms. The van der Waals surface area contributed by atoms with Crippen LogP contribution in [0.15, 0.2) is 36.0 Å². The molecular weight excluding hydrogens is 392 g/mol. The Bertz CT molecular complexity index is 920. The SMILES string of the molecule is Cc1cccc(CN2CCC(CC#N)(N/C=C(\C(=N)NC(=O)C3CC3)C(N)=O)CC2)c1. The van der Waals surface area contributed by atoms with Crippen LogP contribution in [0.3, 0.4) is 0 Å². The van der Waals surface area contributed by atoms with Gasteiger partial charge in [0.2, 0.25) is 5.91 Å². The van der Waals surface area contributed by atoms with Crippen LogP contribution < -0.4 is 16.4 Å². The molecule has 1 aliphatic carbocycles. The fraction of sp³-hybridized carbons (Fsp3) is 0.478. The fourth-order valence-corrected chi connectivity index (χ4v) is 3.86. The first-order chi connectivity index (χ1) is 14.8. The molecule has 2 fully saturated rings. The van der Waals surface area contributed by atoms with E-state index in [0.29, 0.717) is 0 Å². The van der Waals surface area contributed by atoms with Crippen molar-refractivity contribution in [2.75, 3.05) is 13.1 Å². The number of piperidine rings is 1. The van der Waals surface area contributed by atoms with Crippen molar-refractivity contribution < 1.29 is 9.59 Å². The monoisotopic (exact) mass is 422 g/mol. The summed E-state index contributed by atoms with van der Waals surface area (Å²) in [5, 5.41) is 23.1. The maximum atomic E-state index is 11.9. The summed E-state index contributed by atoms with van der Waals surface area (Å²) in [5.74, 6) is -1.43. The minimum atomic E-state index is -0.794. The van der Waals surface area contributed by atoms with Crippen molar-refractivity contribution in [3.05, 3.63) is 47.2 Å². The average Bonchev–Trinajstić information content (AvgIpc) is 3.55. The fourth-order valence-electron chi connectivity index (χ4n) is 3.86. The molecule has 1 aromatic carbocycles. The molecular formula is C23H30N6O2. The highest BCUT2D eigenvalue weighted by Gasteiger charge is 2.35. The first-order valence-electron chi connectivity index (χ1n) is 10.6. The van der Waals surface area contributed by atoms with Gasteiger partial charge in [-0.25, -0.2) is 0 Å². The summed E-state index contributed by atoms with van der Waals surface area (Å²) in [6.07, 6.45) is 4.71. The van der Waals surface area contributed by atoms with Gasteiger partial charge < -0.3 is 16.4 Å². The molecule has 1 saturated heterocycles. The number of nitriles is 1. The number of amidine groups is 1. The summed E-state index contributed by atoms with van der Waals surface area (Å²) in [7, 11) is 0. The molecule has 0 atom stereocenters. The van der Waals surface area contributed by atoms with Gasteiger partial charge in [0.05, 0.1) is 23.6 Å². The van der Waals surface area contributed by atoms with E-state index in [1.807, 2.05) is 0 Å². The number of nitrogens with zero attached hydrogens (tertiary/aromatic N) is 2. The lowest BCUT2D eigenvalue weighted by Gasteiger charge is -2.41. The van der Waals surface area contributed by atoms with Crippen molar-refractivity contribution in [2.45, 2.75) is 51.1 Å². The topological polar surface area (TPSA) is 135 Å². The van der Waals surface area contributed by atoms with Gasteiger partial charge in [0.15, 0.2) is 0 Å². The Labute approximate surface area is 183 Å². The maximum absolute atomic E-state index is 11.9. The van der Waals surface area contributed by atoms with Crippen LogP contribution in [0.4, 0.5) is 0 Å². The summed E-state index contributed by atoms with van der Waals surface area (Å²) in [5.41, 5.74) is 7.35. The highest BCUT2D eigenvalue weighted by atomic mass is 16.2. The van der Waals surface area contributed by atoms with Gasteiger partial charge in [0.1, 0.15) is 5.84 Å². The lowest BCUT2D eigenvalue weighted by atomic mass is 9.84. The smallest absolute Gasteiger partial charge is 0.253 e. The Balaban J connectivity index is 1.63. The van der Waals surface area contributed by atoms with Crippen molar-refractivity contribution in [3.63, 3.8) is 0 Å². The number of likely N-dealkylation sites (tertiary alicyclic amines) is 1. The van der Waals surface area contributed by atoms with Crippen LogP contribution in [-0.2, 0) is 16.1 Å². The molecule has 5 N–H and O–H groups in total. The van der Waals surface area contributed by atoms with Gasteiger partial charge in [-0.15, -0.1) is 0 Å². The number of nitrogens with one attached hydrogen (secondary N) is 3. The predicted molar refractivity (Wildman–Crippen MR) is 118 cm³/mol. The first kappa shape index (κ1) is 22.5. The van der Waals surface area contributed by atoms with Crippen LogP contribution in [0.5, 0.6) is 0 Å². The number of amides is 2. The van der Waals surface area contributed by atoms with Crippen LogP contribution in [0.25, 0.3) is 0 Å².